The molecule has 124 valence electrons. The molecule has 0 amide bonds. The average Bonchev–Trinajstić information content (AvgIpc) is 3.08. The molecule has 3 aromatic rings. The zero-order valence-corrected chi connectivity index (χ0v) is 13.0. The fourth-order valence-electron chi connectivity index (χ4n) is 3.14. The molecule has 4 rings (SSSR count). The van der Waals surface area contributed by atoms with Crippen LogP contribution in [0.4, 0.5) is 14.6 Å². The van der Waals surface area contributed by atoms with Crippen molar-refractivity contribution in [2.45, 2.75) is 5.92 Å². The maximum Gasteiger partial charge on any atom is 0.175 e. The maximum atomic E-state index is 14.0. The number of fused-ring (bicyclic) bond motifs is 1. The molecule has 4 nitrogen and oxygen atoms in total. The lowest BCUT2D eigenvalue weighted by molar-refractivity contribution is 0.0962. The van der Waals surface area contributed by atoms with Crippen molar-refractivity contribution in [3.63, 3.8) is 0 Å². The van der Waals surface area contributed by atoms with E-state index < -0.39 is 23.3 Å². The second-order valence-corrected chi connectivity index (χ2v) is 5.78. The number of carbonyl (C=O) groups excluding carboxylic acids is 1. The van der Waals surface area contributed by atoms with Gasteiger partial charge in [-0.05, 0) is 35.9 Å². The normalized spacial score (nSPS) is 15.5. The van der Waals surface area contributed by atoms with Crippen LogP contribution in [0.1, 0.15) is 21.8 Å². The van der Waals surface area contributed by atoms with Gasteiger partial charge in [-0.1, -0.05) is 6.07 Å². The summed E-state index contributed by atoms with van der Waals surface area (Å²) in [6.07, 6.45) is 5.00. The Kier molecular flexibility index (Phi) is 3.72. The zero-order valence-electron chi connectivity index (χ0n) is 13.0. The number of pyridine rings is 2. The number of benzene rings is 1. The minimum atomic E-state index is -0.730. The van der Waals surface area contributed by atoms with E-state index in [-0.39, 0.29) is 12.1 Å². The Labute approximate surface area is 142 Å². The van der Waals surface area contributed by atoms with E-state index >= 15 is 0 Å². The second kappa shape index (κ2) is 6.05. The average molecular weight is 337 g/mol. The molecular weight excluding hydrogens is 324 g/mol. The summed E-state index contributed by atoms with van der Waals surface area (Å²) < 4.78 is 27.5. The summed E-state index contributed by atoms with van der Waals surface area (Å²) in [7, 11) is 0. The standard InChI is InChI=1S/C19H13F2N3O/c20-12-3-4-16(21)14(8-12)18(25)15-10-24-19-17(15)13(5-7-23-19)11-2-1-6-22-9-11/h1-9,15H,10H2,(H,23,24). The number of aromatic nitrogens is 2. The van der Waals surface area contributed by atoms with Gasteiger partial charge in [0.15, 0.2) is 5.78 Å². The number of ketones is 1. The van der Waals surface area contributed by atoms with Gasteiger partial charge in [0.05, 0.1) is 11.5 Å². The summed E-state index contributed by atoms with van der Waals surface area (Å²) in [6.45, 7) is 0.286. The maximum absolute atomic E-state index is 14.0. The fourth-order valence-corrected chi connectivity index (χ4v) is 3.14. The van der Waals surface area contributed by atoms with Crippen LogP contribution in [0.2, 0.25) is 0 Å². The molecule has 3 heterocycles. The van der Waals surface area contributed by atoms with Crippen molar-refractivity contribution in [2.75, 3.05) is 11.9 Å². The predicted octanol–water partition coefficient (Wildman–Crippen LogP) is 3.81. The van der Waals surface area contributed by atoms with Crippen LogP contribution in [0.3, 0.4) is 0 Å². The van der Waals surface area contributed by atoms with Crippen molar-refractivity contribution in [1.82, 2.24) is 9.97 Å². The Balaban J connectivity index is 1.82. The molecular formula is C19H13F2N3O. The largest absolute Gasteiger partial charge is 0.369 e. The quantitative estimate of drug-likeness (QED) is 0.739. The number of halogens is 2. The number of rotatable bonds is 3. The van der Waals surface area contributed by atoms with Crippen LogP contribution in [0, 0.1) is 11.6 Å². The van der Waals surface area contributed by atoms with Crippen LogP contribution >= 0.6 is 0 Å². The number of anilines is 1. The lowest BCUT2D eigenvalue weighted by atomic mass is 9.88. The summed E-state index contributed by atoms with van der Waals surface area (Å²) in [6, 6.07) is 8.38. The highest BCUT2D eigenvalue weighted by atomic mass is 19.1. The lowest BCUT2D eigenvalue weighted by Gasteiger charge is -2.14. The number of nitrogens with one attached hydrogen (secondary N) is 1. The number of hydrogen-bond donors (Lipinski definition) is 1. The molecule has 1 aliphatic rings. The van der Waals surface area contributed by atoms with Gasteiger partial charge in [-0.15, -0.1) is 0 Å². The molecule has 0 fully saturated rings. The molecule has 2 aromatic heterocycles. The van der Waals surface area contributed by atoms with E-state index in [1.54, 1.807) is 30.7 Å². The topological polar surface area (TPSA) is 54.9 Å². The number of Topliss-reactive ketones (excluding diaryl/α,β-unsaturated/α-hetero) is 1. The van der Waals surface area contributed by atoms with Crippen molar-refractivity contribution in [2.24, 2.45) is 0 Å². The Bertz CT molecular complexity index is 960. The van der Waals surface area contributed by atoms with Crippen LogP contribution in [-0.4, -0.2) is 22.3 Å². The van der Waals surface area contributed by atoms with Crippen LogP contribution < -0.4 is 5.32 Å². The highest BCUT2D eigenvalue weighted by Gasteiger charge is 2.34. The molecule has 1 aliphatic heterocycles. The smallest absolute Gasteiger partial charge is 0.175 e. The molecule has 0 aliphatic carbocycles. The third-order valence-electron chi connectivity index (χ3n) is 4.30. The van der Waals surface area contributed by atoms with Crippen molar-refractivity contribution >= 4 is 11.6 Å². The van der Waals surface area contributed by atoms with E-state index in [9.17, 15) is 13.6 Å². The predicted molar refractivity (Wildman–Crippen MR) is 89.4 cm³/mol. The molecule has 1 N–H and O–H groups in total. The summed E-state index contributed by atoms with van der Waals surface area (Å²) in [5.74, 6) is -1.91. The van der Waals surface area contributed by atoms with Crippen molar-refractivity contribution in [3.8, 4) is 11.1 Å². The SMILES string of the molecule is O=C(c1cc(F)ccc1F)C1CNc2nccc(-c3cccnc3)c21. The van der Waals surface area contributed by atoms with E-state index in [0.717, 1.165) is 29.3 Å². The molecule has 1 unspecified atom stereocenters. The molecule has 0 bridgehead atoms. The molecule has 0 spiro atoms. The lowest BCUT2D eigenvalue weighted by Crippen LogP contribution is -2.17. The van der Waals surface area contributed by atoms with Gasteiger partial charge in [0.1, 0.15) is 17.5 Å². The number of nitrogens with zero attached hydrogens (tertiary/aromatic N) is 2. The van der Waals surface area contributed by atoms with Gasteiger partial charge in [0.25, 0.3) is 0 Å². The van der Waals surface area contributed by atoms with Crippen LogP contribution in [0.5, 0.6) is 0 Å². The first kappa shape index (κ1) is 15.4. The Morgan fingerprint density at radius 1 is 1.16 bits per heavy atom. The van der Waals surface area contributed by atoms with Gasteiger partial charge in [0, 0.05) is 36.3 Å². The highest BCUT2D eigenvalue weighted by Crippen LogP contribution is 2.39. The van der Waals surface area contributed by atoms with E-state index in [1.807, 2.05) is 6.07 Å². The van der Waals surface area contributed by atoms with E-state index in [4.69, 9.17) is 0 Å². The third kappa shape index (κ3) is 2.65. The van der Waals surface area contributed by atoms with E-state index in [1.165, 1.54) is 0 Å². The van der Waals surface area contributed by atoms with E-state index in [2.05, 4.69) is 15.3 Å². The van der Waals surface area contributed by atoms with Crippen LogP contribution in [0.15, 0.2) is 55.0 Å². The van der Waals surface area contributed by atoms with Gasteiger partial charge < -0.3 is 5.32 Å². The molecule has 1 aromatic carbocycles. The molecule has 0 saturated carbocycles. The molecule has 1 atom stereocenters. The first-order valence-electron chi connectivity index (χ1n) is 7.77. The van der Waals surface area contributed by atoms with Crippen LogP contribution in [-0.2, 0) is 0 Å². The first-order chi connectivity index (χ1) is 12.1. The Morgan fingerprint density at radius 2 is 2.04 bits per heavy atom. The first-order valence-corrected chi connectivity index (χ1v) is 7.77. The minimum absolute atomic E-state index is 0.249. The second-order valence-electron chi connectivity index (χ2n) is 5.78. The van der Waals surface area contributed by atoms with E-state index in [0.29, 0.717) is 11.4 Å². The molecule has 6 heteroatoms. The summed E-state index contributed by atoms with van der Waals surface area (Å²) in [5.41, 5.74) is 2.07. The Hall–Kier alpha value is -3.15. The molecule has 25 heavy (non-hydrogen) atoms. The monoisotopic (exact) mass is 337 g/mol. The Morgan fingerprint density at radius 3 is 2.84 bits per heavy atom. The van der Waals surface area contributed by atoms with Gasteiger partial charge in [-0.2, -0.15) is 0 Å². The summed E-state index contributed by atoms with van der Waals surface area (Å²) >= 11 is 0. The minimum Gasteiger partial charge on any atom is -0.369 e. The third-order valence-corrected chi connectivity index (χ3v) is 4.30. The summed E-state index contributed by atoms with van der Waals surface area (Å²) in [5, 5.41) is 3.08. The van der Waals surface area contributed by atoms with Crippen LogP contribution in [0.25, 0.3) is 11.1 Å². The zero-order chi connectivity index (χ0) is 17.4. The van der Waals surface area contributed by atoms with Gasteiger partial charge in [-0.25, -0.2) is 13.8 Å². The highest BCUT2D eigenvalue weighted by molar-refractivity contribution is 6.04. The van der Waals surface area contributed by atoms with Gasteiger partial charge >= 0.3 is 0 Å². The molecule has 0 saturated heterocycles. The summed E-state index contributed by atoms with van der Waals surface area (Å²) in [4.78, 5) is 21.2. The number of carbonyl (C=O) groups is 1. The fraction of sp³-hybridized carbons (Fsp3) is 0.105. The van der Waals surface area contributed by atoms with Gasteiger partial charge in [-0.3, -0.25) is 9.78 Å². The van der Waals surface area contributed by atoms with Crippen molar-refractivity contribution in [1.29, 1.82) is 0 Å². The number of hydrogen-bond acceptors (Lipinski definition) is 4. The molecule has 0 radical (unpaired) electrons. The van der Waals surface area contributed by atoms with Gasteiger partial charge in [0.2, 0.25) is 0 Å². The van der Waals surface area contributed by atoms with Crippen molar-refractivity contribution in [3.05, 3.63) is 77.8 Å². The van der Waals surface area contributed by atoms with Crippen molar-refractivity contribution < 1.29 is 13.6 Å².